The first kappa shape index (κ1) is 14.5. The number of benzene rings is 2. The van der Waals surface area contributed by atoms with Crippen molar-refractivity contribution in [3.8, 4) is 0 Å². The molecule has 0 heterocycles. The van der Waals surface area contributed by atoms with Crippen LogP contribution in [-0.4, -0.2) is 4.92 Å². The summed E-state index contributed by atoms with van der Waals surface area (Å²) in [7, 11) is 0. The van der Waals surface area contributed by atoms with Crippen molar-refractivity contribution in [1.82, 2.24) is 0 Å². The number of nitrogens with one attached hydrogen (secondary N) is 1. The van der Waals surface area contributed by atoms with E-state index in [-0.39, 0.29) is 11.5 Å². The molecule has 0 aromatic heterocycles. The highest BCUT2D eigenvalue weighted by Crippen LogP contribution is 2.25. The van der Waals surface area contributed by atoms with Crippen molar-refractivity contribution in [2.45, 2.75) is 13.5 Å². The van der Waals surface area contributed by atoms with Gasteiger partial charge >= 0.3 is 0 Å². The summed E-state index contributed by atoms with van der Waals surface area (Å²) in [6.07, 6.45) is 0. The van der Waals surface area contributed by atoms with Gasteiger partial charge in [-0.25, -0.2) is 4.39 Å². The highest BCUT2D eigenvalue weighted by atomic mass is 79.9. The van der Waals surface area contributed by atoms with E-state index in [0.717, 1.165) is 15.7 Å². The fraction of sp³-hybridized carbons (Fsp3) is 0.143. The second-order valence-electron chi connectivity index (χ2n) is 4.34. The van der Waals surface area contributed by atoms with Gasteiger partial charge in [-0.05, 0) is 42.8 Å². The number of hydrogen-bond donors (Lipinski definition) is 1. The molecule has 0 aliphatic heterocycles. The van der Waals surface area contributed by atoms with Crippen LogP contribution in [0, 0.1) is 22.9 Å². The van der Waals surface area contributed by atoms with E-state index in [2.05, 4.69) is 21.2 Å². The van der Waals surface area contributed by atoms with Crippen LogP contribution in [0.1, 0.15) is 11.1 Å². The highest BCUT2D eigenvalue weighted by Gasteiger charge is 2.13. The molecule has 0 radical (unpaired) electrons. The van der Waals surface area contributed by atoms with Gasteiger partial charge in [0.05, 0.1) is 4.92 Å². The Kier molecular flexibility index (Phi) is 4.34. The minimum atomic E-state index is -0.416. The minimum absolute atomic E-state index is 0.0560. The van der Waals surface area contributed by atoms with Crippen molar-refractivity contribution in [3.05, 3.63) is 67.9 Å². The van der Waals surface area contributed by atoms with Crippen LogP contribution < -0.4 is 5.32 Å². The van der Waals surface area contributed by atoms with Gasteiger partial charge in [-0.1, -0.05) is 15.9 Å². The molecule has 0 spiro atoms. The third-order valence-electron chi connectivity index (χ3n) is 2.90. The highest BCUT2D eigenvalue weighted by molar-refractivity contribution is 9.10. The van der Waals surface area contributed by atoms with E-state index in [1.54, 1.807) is 25.1 Å². The number of anilines is 1. The normalized spacial score (nSPS) is 10.3. The largest absolute Gasteiger partial charge is 0.380 e. The van der Waals surface area contributed by atoms with Crippen LogP contribution in [0.25, 0.3) is 0 Å². The summed E-state index contributed by atoms with van der Waals surface area (Å²) in [5.74, 6) is -0.304. The second kappa shape index (κ2) is 6.00. The molecule has 0 saturated heterocycles. The van der Waals surface area contributed by atoms with Gasteiger partial charge in [0, 0.05) is 28.3 Å². The molecule has 2 aromatic carbocycles. The van der Waals surface area contributed by atoms with E-state index in [1.807, 2.05) is 0 Å². The van der Waals surface area contributed by atoms with Crippen LogP contribution in [-0.2, 0) is 6.54 Å². The zero-order valence-corrected chi connectivity index (χ0v) is 12.3. The quantitative estimate of drug-likeness (QED) is 0.663. The monoisotopic (exact) mass is 338 g/mol. The topological polar surface area (TPSA) is 55.2 Å². The van der Waals surface area contributed by atoms with E-state index >= 15 is 0 Å². The van der Waals surface area contributed by atoms with Crippen LogP contribution in [0.15, 0.2) is 40.9 Å². The third kappa shape index (κ3) is 3.33. The van der Waals surface area contributed by atoms with Crippen molar-refractivity contribution in [2.75, 3.05) is 5.32 Å². The molecule has 0 bridgehead atoms. The lowest BCUT2D eigenvalue weighted by Crippen LogP contribution is -2.04. The average Bonchev–Trinajstić information content (AvgIpc) is 2.37. The summed E-state index contributed by atoms with van der Waals surface area (Å²) in [4.78, 5) is 10.6. The van der Waals surface area contributed by atoms with Gasteiger partial charge in [-0.3, -0.25) is 10.1 Å². The smallest absolute Gasteiger partial charge is 0.274 e. The number of nitrogens with zero attached hydrogens (tertiary/aromatic N) is 1. The molecule has 2 rings (SSSR count). The Balaban J connectivity index is 2.22. The predicted octanol–water partition coefficient (Wildman–Crippen LogP) is 4.42. The maximum atomic E-state index is 13.0. The first-order valence-electron chi connectivity index (χ1n) is 5.90. The van der Waals surface area contributed by atoms with Gasteiger partial charge < -0.3 is 5.32 Å². The molecule has 2 aromatic rings. The molecule has 6 heteroatoms. The van der Waals surface area contributed by atoms with Crippen LogP contribution >= 0.6 is 15.9 Å². The molecule has 0 saturated carbocycles. The average molecular weight is 339 g/mol. The van der Waals surface area contributed by atoms with Gasteiger partial charge in [0.1, 0.15) is 5.82 Å². The van der Waals surface area contributed by atoms with E-state index in [1.165, 1.54) is 18.2 Å². The van der Waals surface area contributed by atoms with Crippen molar-refractivity contribution in [3.63, 3.8) is 0 Å². The zero-order valence-electron chi connectivity index (χ0n) is 10.7. The summed E-state index contributed by atoms with van der Waals surface area (Å²) in [5, 5.41) is 14.1. The molecule has 20 heavy (non-hydrogen) atoms. The molecule has 1 N–H and O–H groups in total. The number of nitro benzene ring substituents is 1. The summed E-state index contributed by atoms with van der Waals surface area (Å²) in [6.45, 7) is 2.07. The number of hydrogen-bond acceptors (Lipinski definition) is 3. The molecule has 0 aliphatic rings. The van der Waals surface area contributed by atoms with Crippen LogP contribution in [0.4, 0.5) is 15.8 Å². The maximum absolute atomic E-state index is 13.0. The molecular formula is C14H12BrFN2O2. The third-order valence-corrected chi connectivity index (χ3v) is 3.39. The Morgan fingerprint density at radius 3 is 2.70 bits per heavy atom. The molecule has 4 nitrogen and oxygen atoms in total. The fourth-order valence-corrected chi connectivity index (χ4v) is 2.30. The lowest BCUT2D eigenvalue weighted by Gasteiger charge is -2.10. The summed E-state index contributed by atoms with van der Waals surface area (Å²) in [6, 6.07) is 9.17. The van der Waals surface area contributed by atoms with Gasteiger partial charge in [-0.2, -0.15) is 0 Å². The van der Waals surface area contributed by atoms with Gasteiger partial charge in [0.25, 0.3) is 5.69 Å². The van der Waals surface area contributed by atoms with Crippen molar-refractivity contribution in [1.29, 1.82) is 0 Å². The van der Waals surface area contributed by atoms with Crippen molar-refractivity contribution < 1.29 is 9.31 Å². The first-order chi connectivity index (χ1) is 9.47. The number of rotatable bonds is 4. The van der Waals surface area contributed by atoms with E-state index in [0.29, 0.717) is 12.1 Å². The molecule has 0 unspecified atom stereocenters. The minimum Gasteiger partial charge on any atom is -0.380 e. The van der Waals surface area contributed by atoms with Crippen molar-refractivity contribution in [2.24, 2.45) is 0 Å². The molecule has 0 aliphatic carbocycles. The molecule has 104 valence electrons. The standard InChI is InChI=1S/C14H12BrFN2O2/c1-9-6-12(16)3-4-13(9)17-8-10-7-11(15)2-5-14(10)18(19)20/h2-7,17H,8H2,1H3. The summed E-state index contributed by atoms with van der Waals surface area (Å²) >= 11 is 3.30. The molecule has 0 atom stereocenters. The van der Waals surface area contributed by atoms with Gasteiger partial charge in [-0.15, -0.1) is 0 Å². The molecular weight excluding hydrogens is 327 g/mol. The fourth-order valence-electron chi connectivity index (χ4n) is 1.89. The van der Waals surface area contributed by atoms with Crippen LogP contribution in [0.3, 0.4) is 0 Å². The SMILES string of the molecule is Cc1cc(F)ccc1NCc1cc(Br)ccc1[N+](=O)[O-]. The molecule has 0 fully saturated rings. The first-order valence-corrected chi connectivity index (χ1v) is 6.69. The summed E-state index contributed by atoms with van der Waals surface area (Å²) in [5.41, 5.74) is 2.12. The Hall–Kier alpha value is -1.95. The number of halogens is 2. The predicted molar refractivity (Wildman–Crippen MR) is 79.3 cm³/mol. The van der Waals surface area contributed by atoms with Gasteiger partial charge in [0.15, 0.2) is 0 Å². The summed E-state index contributed by atoms with van der Waals surface area (Å²) < 4.78 is 13.8. The zero-order chi connectivity index (χ0) is 14.7. The Bertz CT molecular complexity index is 662. The van der Waals surface area contributed by atoms with E-state index in [4.69, 9.17) is 0 Å². The molecule has 0 amide bonds. The Labute approximate surface area is 123 Å². The number of nitro groups is 1. The van der Waals surface area contributed by atoms with Crippen molar-refractivity contribution >= 4 is 27.3 Å². The maximum Gasteiger partial charge on any atom is 0.274 e. The lowest BCUT2D eigenvalue weighted by atomic mass is 10.1. The number of aryl methyl sites for hydroxylation is 1. The lowest BCUT2D eigenvalue weighted by molar-refractivity contribution is -0.385. The van der Waals surface area contributed by atoms with Gasteiger partial charge in [0.2, 0.25) is 0 Å². The van der Waals surface area contributed by atoms with E-state index in [9.17, 15) is 14.5 Å². The van der Waals surface area contributed by atoms with Crippen LogP contribution in [0.5, 0.6) is 0 Å². The second-order valence-corrected chi connectivity index (χ2v) is 5.26. The Morgan fingerprint density at radius 1 is 1.30 bits per heavy atom. The van der Waals surface area contributed by atoms with Crippen LogP contribution in [0.2, 0.25) is 0 Å². The van der Waals surface area contributed by atoms with E-state index < -0.39 is 4.92 Å². The Morgan fingerprint density at radius 2 is 2.05 bits per heavy atom.